The van der Waals surface area contributed by atoms with Gasteiger partial charge in [0.15, 0.2) is 0 Å². The van der Waals surface area contributed by atoms with E-state index in [4.69, 9.17) is 0 Å². The summed E-state index contributed by atoms with van der Waals surface area (Å²) >= 11 is 1.62. The highest BCUT2D eigenvalue weighted by atomic mass is 32.2. The maximum absolute atomic E-state index is 12.4. The molecular formula is C16H21N3O3S. The van der Waals surface area contributed by atoms with E-state index in [1.807, 2.05) is 44.4 Å². The normalized spacial score (nSPS) is 16.4. The molecule has 0 saturated carbocycles. The number of benzene rings is 1. The van der Waals surface area contributed by atoms with Gasteiger partial charge in [-0.15, -0.1) is 11.8 Å². The highest BCUT2D eigenvalue weighted by Crippen LogP contribution is 2.23. The van der Waals surface area contributed by atoms with Crippen LogP contribution in [0, 0.1) is 0 Å². The molecule has 6 nitrogen and oxygen atoms in total. The molecule has 0 aliphatic carbocycles. The maximum Gasteiger partial charge on any atom is 0.344 e. The molecule has 124 valence electrons. The zero-order chi connectivity index (χ0) is 17.0. The molecule has 1 aromatic rings. The van der Waals surface area contributed by atoms with Crippen molar-refractivity contribution < 1.29 is 14.4 Å². The number of hydrazine groups is 1. The van der Waals surface area contributed by atoms with Gasteiger partial charge in [-0.25, -0.2) is 4.79 Å². The Kier molecular flexibility index (Phi) is 5.30. The fraction of sp³-hybridized carbons (Fsp3) is 0.438. The van der Waals surface area contributed by atoms with Crippen molar-refractivity contribution in [2.24, 2.45) is 0 Å². The van der Waals surface area contributed by atoms with Crippen molar-refractivity contribution in [2.75, 3.05) is 6.26 Å². The average molecular weight is 335 g/mol. The van der Waals surface area contributed by atoms with Crippen molar-refractivity contribution in [1.82, 2.24) is 15.8 Å². The second-order valence-corrected chi connectivity index (χ2v) is 6.30. The lowest BCUT2D eigenvalue weighted by Crippen LogP contribution is -2.49. The molecule has 0 spiro atoms. The first-order valence-electron chi connectivity index (χ1n) is 7.55. The van der Waals surface area contributed by atoms with E-state index in [2.05, 4.69) is 10.7 Å². The van der Waals surface area contributed by atoms with Crippen LogP contribution in [-0.4, -0.2) is 34.6 Å². The van der Waals surface area contributed by atoms with Gasteiger partial charge in [-0.1, -0.05) is 26.0 Å². The third kappa shape index (κ3) is 3.50. The fourth-order valence-electron chi connectivity index (χ4n) is 2.54. The summed E-state index contributed by atoms with van der Waals surface area (Å²) in [5.74, 6) is -0.799. The first-order chi connectivity index (χ1) is 11.0. The minimum absolute atomic E-state index is 0.108. The standard InChI is InChI=1S/C16H21N3O3S/c1-4-16(5-2)14(21)19(15(22)17-16)18-13(20)10-11-6-8-12(23-3)9-7-11/h6-9H,4-5,10H2,1-3H3,(H,17,22)(H,18,20). The molecule has 0 bridgehead atoms. The van der Waals surface area contributed by atoms with Gasteiger partial charge in [0.25, 0.3) is 5.91 Å². The average Bonchev–Trinajstić information content (AvgIpc) is 2.80. The Hall–Kier alpha value is -2.02. The molecule has 4 amide bonds. The van der Waals surface area contributed by atoms with Crippen molar-refractivity contribution in [3.05, 3.63) is 29.8 Å². The maximum atomic E-state index is 12.4. The van der Waals surface area contributed by atoms with Crippen molar-refractivity contribution in [2.45, 2.75) is 43.5 Å². The van der Waals surface area contributed by atoms with Crippen LogP contribution >= 0.6 is 11.8 Å². The summed E-state index contributed by atoms with van der Waals surface area (Å²) in [6.45, 7) is 3.67. The highest BCUT2D eigenvalue weighted by molar-refractivity contribution is 7.98. The van der Waals surface area contributed by atoms with Gasteiger partial charge in [-0.05, 0) is 36.8 Å². The number of amides is 4. The molecule has 1 saturated heterocycles. The van der Waals surface area contributed by atoms with Gasteiger partial charge in [0.05, 0.1) is 6.42 Å². The lowest BCUT2D eigenvalue weighted by Gasteiger charge is -2.22. The number of nitrogens with zero attached hydrogens (tertiary/aromatic N) is 1. The van der Waals surface area contributed by atoms with Crippen LogP contribution in [-0.2, 0) is 16.0 Å². The number of thioether (sulfide) groups is 1. The molecule has 1 aromatic carbocycles. The van der Waals surface area contributed by atoms with Gasteiger partial charge in [-0.2, -0.15) is 5.01 Å². The van der Waals surface area contributed by atoms with Gasteiger partial charge >= 0.3 is 6.03 Å². The summed E-state index contributed by atoms with van der Waals surface area (Å²) in [6.07, 6.45) is 3.05. The second-order valence-electron chi connectivity index (χ2n) is 5.42. The third-order valence-corrected chi connectivity index (χ3v) is 4.87. The van der Waals surface area contributed by atoms with E-state index in [9.17, 15) is 14.4 Å². The van der Waals surface area contributed by atoms with E-state index in [0.29, 0.717) is 12.8 Å². The van der Waals surface area contributed by atoms with Crippen LogP contribution in [0.5, 0.6) is 0 Å². The van der Waals surface area contributed by atoms with E-state index in [0.717, 1.165) is 15.5 Å². The number of imide groups is 1. The van der Waals surface area contributed by atoms with Crippen LogP contribution in [0.25, 0.3) is 0 Å². The molecule has 1 aliphatic rings. The van der Waals surface area contributed by atoms with Crippen molar-refractivity contribution >= 4 is 29.6 Å². The number of carbonyl (C=O) groups excluding carboxylic acids is 3. The molecule has 0 aromatic heterocycles. The molecule has 0 unspecified atom stereocenters. The van der Waals surface area contributed by atoms with E-state index < -0.39 is 23.4 Å². The van der Waals surface area contributed by atoms with Crippen LogP contribution in [0.1, 0.15) is 32.3 Å². The Balaban J connectivity index is 2.02. The Morgan fingerprint density at radius 2 is 1.83 bits per heavy atom. The van der Waals surface area contributed by atoms with E-state index >= 15 is 0 Å². The monoisotopic (exact) mass is 335 g/mol. The number of carbonyl (C=O) groups is 3. The molecule has 2 rings (SSSR count). The lowest BCUT2D eigenvalue weighted by atomic mass is 9.93. The van der Waals surface area contributed by atoms with E-state index in [-0.39, 0.29) is 6.42 Å². The quantitative estimate of drug-likeness (QED) is 0.616. The van der Waals surface area contributed by atoms with Gasteiger partial charge in [0.1, 0.15) is 5.54 Å². The van der Waals surface area contributed by atoms with Gasteiger partial charge in [0.2, 0.25) is 5.91 Å². The summed E-state index contributed by atoms with van der Waals surface area (Å²) < 4.78 is 0. The molecule has 1 fully saturated rings. The third-order valence-electron chi connectivity index (χ3n) is 4.13. The number of rotatable bonds is 6. The minimum atomic E-state index is -0.912. The second kappa shape index (κ2) is 7.04. The predicted molar refractivity (Wildman–Crippen MR) is 88.8 cm³/mol. The first-order valence-corrected chi connectivity index (χ1v) is 8.77. The summed E-state index contributed by atoms with van der Waals surface area (Å²) in [4.78, 5) is 37.6. The van der Waals surface area contributed by atoms with Crippen molar-refractivity contribution in [3.8, 4) is 0 Å². The molecule has 23 heavy (non-hydrogen) atoms. The zero-order valence-electron chi connectivity index (χ0n) is 13.5. The summed E-state index contributed by atoms with van der Waals surface area (Å²) in [7, 11) is 0. The van der Waals surface area contributed by atoms with Crippen LogP contribution in [0.2, 0.25) is 0 Å². The topological polar surface area (TPSA) is 78.5 Å². The molecule has 0 radical (unpaired) electrons. The predicted octanol–water partition coefficient (Wildman–Crippen LogP) is 2.09. The Bertz CT molecular complexity index is 612. The molecular weight excluding hydrogens is 314 g/mol. The molecule has 1 heterocycles. The summed E-state index contributed by atoms with van der Waals surface area (Å²) in [5, 5.41) is 3.47. The zero-order valence-corrected chi connectivity index (χ0v) is 14.3. The smallest absolute Gasteiger partial charge is 0.322 e. The van der Waals surface area contributed by atoms with E-state index in [1.54, 1.807) is 11.8 Å². The number of hydrogen-bond acceptors (Lipinski definition) is 4. The molecule has 0 atom stereocenters. The van der Waals surface area contributed by atoms with Gasteiger partial charge < -0.3 is 5.32 Å². The minimum Gasteiger partial charge on any atom is -0.322 e. The molecule has 1 aliphatic heterocycles. The van der Waals surface area contributed by atoms with Crippen LogP contribution < -0.4 is 10.7 Å². The van der Waals surface area contributed by atoms with Gasteiger partial charge in [-0.3, -0.25) is 15.0 Å². The lowest BCUT2D eigenvalue weighted by molar-refractivity contribution is -0.139. The van der Waals surface area contributed by atoms with Gasteiger partial charge in [0, 0.05) is 4.90 Å². The van der Waals surface area contributed by atoms with E-state index in [1.165, 1.54) is 0 Å². The van der Waals surface area contributed by atoms with Crippen LogP contribution in [0.3, 0.4) is 0 Å². The highest BCUT2D eigenvalue weighted by Gasteiger charge is 2.49. The van der Waals surface area contributed by atoms with Crippen LogP contribution in [0.4, 0.5) is 4.79 Å². The van der Waals surface area contributed by atoms with Crippen molar-refractivity contribution in [3.63, 3.8) is 0 Å². The summed E-state index contributed by atoms with van der Waals surface area (Å²) in [6, 6.07) is 7.00. The molecule has 2 N–H and O–H groups in total. The van der Waals surface area contributed by atoms with Crippen LogP contribution in [0.15, 0.2) is 29.2 Å². The fourth-order valence-corrected chi connectivity index (χ4v) is 2.95. The first kappa shape index (κ1) is 17.3. The number of urea groups is 1. The summed E-state index contributed by atoms with van der Waals surface area (Å²) in [5.41, 5.74) is 2.32. The Morgan fingerprint density at radius 1 is 1.22 bits per heavy atom. The Morgan fingerprint density at radius 3 is 2.30 bits per heavy atom. The molecule has 7 heteroatoms. The SMILES string of the molecule is CCC1(CC)NC(=O)N(NC(=O)Cc2ccc(SC)cc2)C1=O. The largest absolute Gasteiger partial charge is 0.344 e. The number of nitrogens with one attached hydrogen (secondary N) is 2. The number of hydrogen-bond donors (Lipinski definition) is 2. The van der Waals surface area contributed by atoms with Crippen molar-refractivity contribution in [1.29, 1.82) is 0 Å². The Labute approximate surface area is 140 Å².